The summed E-state index contributed by atoms with van der Waals surface area (Å²) < 4.78 is 0. The minimum absolute atomic E-state index is 0.131. The number of nitrogens with zero attached hydrogens (tertiary/aromatic N) is 2. The normalized spacial score (nSPS) is 10.7. The van der Waals surface area contributed by atoms with E-state index in [1.807, 2.05) is 30.3 Å². The molecule has 0 aliphatic carbocycles. The summed E-state index contributed by atoms with van der Waals surface area (Å²) in [5.41, 5.74) is 11.7. The summed E-state index contributed by atoms with van der Waals surface area (Å²) in [7, 11) is 0. The van der Waals surface area contributed by atoms with E-state index in [4.69, 9.17) is 21.4 Å². The summed E-state index contributed by atoms with van der Waals surface area (Å²) in [6.07, 6.45) is 6.79. The van der Waals surface area contributed by atoms with E-state index in [9.17, 15) is 14.4 Å². The number of aryl methyl sites for hydroxylation is 3. The van der Waals surface area contributed by atoms with E-state index in [1.165, 1.54) is 5.56 Å². The molecule has 3 aromatic carbocycles. The van der Waals surface area contributed by atoms with E-state index in [0.717, 1.165) is 42.4 Å². The fourth-order valence-electron chi connectivity index (χ4n) is 4.43. The van der Waals surface area contributed by atoms with Crippen molar-refractivity contribution in [2.75, 3.05) is 0 Å². The Morgan fingerprint density at radius 1 is 0.551 bits per heavy atom. The van der Waals surface area contributed by atoms with Gasteiger partial charge in [0.25, 0.3) is 0 Å². The third kappa shape index (κ3) is 21.8. The van der Waals surface area contributed by atoms with Crippen LogP contribution in [0.2, 0.25) is 0 Å². The van der Waals surface area contributed by atoms with Gasteiger partial charge in [0.15, 0.2) is 0 Å². The zero-order valence-electron chi connectivity index (χ0n) is 30.4. The summed E-state index contributed by atoms with van der Waals surface area (Å²) in [6, 6.07) is 26.7. The lowest BCUT2D eigenvalue weighted by Gasteiger charge is -2.16. The number of benzene rings is 3. The number of carbonyl (C=O) groups is 3. The van der Waals surface area contributed by atoms with Crippen molar-refractivity contribution in [1.82, 2.24) is 0 Å². The molecule has 3 aromatic rings. The van der Waals surface area contributed by atoms with E-state index >= 15 is 0 Å². The first-order valence-electron chi connectivity index (χ1n) is 17.0. The van der Waals surface area contributed by atoms with Crippen LogP contribution in [0.5, 0.6) is 0 Å². The number of carbonyl (C=O) groups excluding carboxylic acids is 2. The Morgan fingerprint density at radius 3 is 1.14 bits per heavy atom. The van der Waals surface area contributed by atoms with E-state index in [0.29, 0.717) is 61.3 Å². The highest BCUT2D eigenvalue weighted by molar-refractivity contribution is 5.79. The van der Waals surface area contributed by atoms with Gasteiger partial charge < -0.3 is 10.8 Å². The van der Waals surface area contributed by atoms with Crippen molar-refractivity contribution < 1.29 is 19.5 Å². The van der Waals surface area contributed by atoms with Gasteiger partial charge in [-0.25, -0.2) is 0 Å². The van der Waals surface area contributed by atoms with Crippen LogP contribution in [0.15, 0.2) is 72.8 Å². The average molecular weight is 666 g/mol. The molecule has 3 N–H and O–H groups in total. The first-order valence-corrected chi connectivity index (χ1v) is 17.0. The molecule has 0 atom stereocenters. The van der Waals surface area contributed by atoms with Crippen LogP contribution in [0, 0.1) is 33.5 Å². The standard InChI is InChI=1S/C16H25NO.C16H21NO.C10H9NO2/c2*1-16(2,3)11-10-15(18)9-8-13-4-6-14(12-17)7-5-13;11-7-9-3-1-8(2-4-9)5-6-10(12)13/h4-7H,8-12,17H2,1-3H3;4-7H,8-11H2,1-3H3;1-4H,5-6H2,(H,12,13). The molecule has 0 amide bonds. The molecular formula is C42H55N3O4. The maximum absolute atomic E-state index is 11.8. The monoisotopic (exact) mass is 665 g/mol. The maximum atomic E-state index is 11.8. The molecule has 0 fully saturated rings. The van der Waals surface area contributed by atoms with Crippen LogP contribution < -0.4 is 5.73 Å². The Balaban J connectivity index is 0.000000373. The van der Waals surface area contributed by atoms with Gasteiger partial charge in [0.1, 0.15) is 11.6 Å². The van der Waals surface area contributed by atoms with Crippen LogP contribution in [0.3, 0.4) is 0 Å². The molecule has 0 aliphatic heterocycles. The van der Waals surface area contributed by atoms with Gasteiger partial charge in [0.2, 0.25) is 0 Å². The van der Waals surface area contributed by atoms with Crippen LogP contribution in [-0.2, 0) is 40.2 Å². The number of carboxylic acid groups (broad SMARTS) is 1. The SMILES string of the molecule is CC(C)(C)CCC(=O)CCc1ccc(C#N)cc1.CC(C)(C)CCC(=O)CCc1ccc(CN)cc1.N#Cc1ccc(CCC(=O)O)cc1. The van der Waals surface area contributed by atoms with Crippen molar-refractivity contribution in [3.63, 3.8) is 0 Å². The van der Waals surface area contributed by atoms with Gasteiger partial charge in [-0.15, -0.1) is 0 Å². The number of Topliss-reactive ketones (excluding diaryl/α,β-unsaturated/α-hetero) is 2. The summed E-state index contributed by atoms with van der Waals surface area (Å²) in [5, 5.41) is 25.6. The number of carboxylic acids is 1. The largest absolute Gasteiger partial charge is 0.481 e. The highest BCUT2D eigenvalue weighted by atomic mass is 16.4. The van der Waals surface area contributed by atoms with E-state index in [1.54, 1.807) is 36.4 Å². The highest BCUT2D eigenvalue weighted by Crippen LogP contribution is 2.22. The Labute approximate surface area is 294 Å². The molecule has 0 unspecified atom stereocenters. The molecule has 0 saturated heterocycles. The lowest BCUT2D eigenvalue weighted by atomic mass is 9.89. The van der Waals surface area contributed by atoms with Crippen LogP contribution in [-0.4, -0.2) is 22.6 Å². The van der Waals surface area contributed by atoms with Gasteiger partial charge in [-0.05, 0) is 89.5 Å². The molecule has 3 rings (SSSR count). The maximum Gasteiger partial charge on any atom is 0.303 e. The van der Waals surface area contributed by atoms with E-state index in [-0.39, 0.29) is 17.3 Å². The molecule has 0 bridgehead atoms. The highest BCUT2D eigenvalue weighted by Gasteiger charge is 2.14. The van der Waals surface area contributed by atoms with Crippen LogP contribution in [0.25, 0.3) is 0 Å². The zero-order chi connectivity index (χ0) is 36.9. The number of nitrogens with two attached hydrogens (primary N) is 1. The van der Waals surface area contributed by atoms with Gasteiger partial charge in [-0.1, -0.05) is 90.1 Å². The van der Waals surface area contributed by atoms with Gasteiger partial charge >= 0.3 is 5.97 Å². The number of rotatable bonds is 14. The number of hydrogen-bond acceptors (Lipinski definition) is 6. The zero-order valence-corrected chi connectivity index (χ0v) is 30.4. The lowest BCUT2D eigenvalue weighted by Crippen LogP contribution is -2.09. The second-order valence-electron chi connectivity index (χ2n) is 14.7. The van der Waals surface area contributed by atoms with Gasteiger partial charge in [-0.3, -0.25) is 14.4 Å². The predicted octanol–water partition coefficient (Wildman–Crippen LogP) is 8.94. The average Bonchev–Trinajstić information content (AvgIpc) is 3.07. The van der Waals surface area contributed by atoms with Crippen LogP contribution >= 0.6 is 0 Å². The van der Waals surface area contributed by atoms with Gasteiger partial charge in [0, 0.05) is 38.6 Å². The molecule has 7 heteroatoms. The van der Waals surface area contributed by atoms with Crippen molar-refractivity contribution in [2.45, 2.75) is 112 Å². The van der Waals surface area contributed by atoms with Crippen LogP contribution in [0.1, 0.15) is 120 Å². The first kappa shape index (κ1) is 42.4. The fraction of sp³-hybridized carbons (Fsp3) is 0.452. The van der Waals surface area contributed by atoms with Gasteiger partial charge in [-0.2, -0.15) is 10.5 Å². The quantitative estimate of drug-likeness (QED) is 0.175. The molecule has 0 radical (unpaired) electrons. The van der Waals surface area contributed by atoms with Crippen LogP contribution in [0.4, 0.5) is 0 Å². The molecule has 0 aliphatic rings. The lowest BCUT2D eigenvalue weighted by molar-refractivity contribution is -0.137. The topological polar surface area (TPSA) is 145 Å². The summed E-state index contributed by atoms with van der Waals surface area (Å²) in [5.74, 6) is -0.105. The second kappa shape index (κ2) is 22.1. The third-order valence-electron chi connectivity index (χ3n) is 7.74. The summed E-state index contributed by atoms with van der Waals surface area (Å²) in [6.45, 7) is 13.6. The molecule has 0 spiro atoms. The van der Waals surface area contributed by atoms with Crippen molar-refractivity contribution >= 4 is 17.5 Å². The van der Waals surface area contributed by atoms with Crippen molar-refractivity contribution in [3.05, 3.63) is 106 Å². The second-order valence-corrected chi connectivity index (χ2v) is 14.7. The van der Waals surface area contributed by atoms with Crippen molar-refractivity contribution in [3.8, 4) is 12.1 Å². The molecule has 49 heavy (non-hydrogen) atoms. The van der Waals surface area contributed by atoms with E-state index in [2.05, 4.69) is 59.7 Å². The third-order valence-corrected chi connectivity index (χ3v) is 7.74. The Hall–Kier alpha value is -4.59. The van der Waals surface area contributed by atoms with E-state index < -0.39 is 5.97 Å². The Bertz CT molecular complexity index is 1510. The minimum Gasteiger partial charge on any atom is -0.481 e. The number of ketones is 2. The Kier molecular flexibility index (Phi) is 19.2. The molecule has 0 saturated carbocycles. The minimum atomic E-state index is -0.802. The van der Waals surface area contributed by atoms with Crippen molar-refractivity contribution in [2.24, 2.45) is 16.6 Å². The first-order chi connectivity index (χ1) is 23.0. The molecule has 0 heterocycles. The number of nitriles is 2. The molecule has 262 valence electrons. The smallest absolute Gasteiger partial charge is 0.303 e. The molecule has 0 aromatic heterocycles. The van der Waals surface area contributed by atoms with Crippen molar-refractivity contribution in [1.29, 1.82) is 10.5 Å². The number of hydrogen-bond donors (Lipinski definition) is 2. The summed E-state index contributed by atoms with van der Waals surface area (Å²) >= 11 is 0. The Morgan fingerprint density at radius 2 is 0.857 bits per heavy atom. The number of aliphatic carboxylic acids is 1. The predicted molar refractivity (Wildman–Crippen MR) is 197 cm³/mol. The van der Waals surface area contributed by atoms with Gasteiger partial charge in [0.05, 0.1) is 23.3 Å². The summed E-state index contributed by atoms with van der Waals surface area (Å²) in [4.78, 5) is 33.7. The fourth-order valence-corrected chi connectivity index (χ4v) is 4.43. The molecule has 7 nitrogen and oxygen atoms in total. The molecular weight excluding hydrogens is 610 g/mol.